The van der Waals surface area contributed by atoms with Gasteiger partial charge in [0.2, 0.25) is 5.95 Å². The van der Waals surface area contributed by atoms with Crippen LogP contribution in [0.25, 0.3) is 0 Å². The molecule has 2 saturated heterocycles. The summed E-state index contributed by atoms with van der Waals surface area (Å²) in [7, 11) is 0. The Bertz CT molecular complexity index is 653. The summed E-state index contributed by atoms with van der Waals surface area (Å²) in [4.78, 5) is 14.0. The van der Waals surface area contributed by atoms with Gasteiger partial charge in [0, 0.05) is 69.7 Å². The minimum atomic E-state index is 0.172. The fraction of sp³-hybridized carbons (Fsp3) is 0.632. The molecule has 4 heterocycles. The maximum absolute atomic E-state index is 6.00. The molecule has 0 radical (unpaired) electrons. The Labute approximate surface area is 155 Å². The average Bonchev–Trinajstić information content (AvgIpc) is 3.09. The molecule has 140 valence electrons. The summed E-state index contributed by atoms with van der Waals surface area (Å²) in [5.74, 6) is 0.879. The molecule has 2 aliphatic rings. The Hall–Kier alpha value is -1.99. The molecular weight excluding hydrogens is 328 g/mol. The molecule has 1 atom stereocenters. The van der Waals surface area contributed by atoms with Crippen molar-refractivity contribution in [3.05, 3.63) is 36.4 Å². The largest absolute Gasteiger partial charge is 0.375 e. The second kappa shape index (κ2) is 8.60. The number of hydrogen-bond acceptors (Lipinski definition) is 6. The van der Waals surface area contributed by atoms with Gasteiger partial charge in [-0.25, -0.2) is 9.97 Å². The van der Waals surface area contributed by atoms with Crippen LogP contribution in [0, 0.1) is 0 Å². The first-order valence-electron chi connectivity index (χ1n) is 9.74. The molecule has 7 heteroatoms. The van der Waals surface area contributed by atoms with Crippen LogP contribution in [-0.4, -0.2) is 63.5 Å². The zero-order valence-corrected chi connectivity index (χ0v) is 15.3. The first kappa shape index (κ1) is 17.4. The first-order chi connectivity index (χ1) is 12.9. The second-order valence-electron chi connectivity index (χ2n) is 7.25. The minimum Gasteiger partial charge on any atom is -0.375 e. The van der Waals surface area contributed by atoms with Crippen molar-refractivity contribution in [2.75, 3.05) is 37.7 Å². The van der Waals surface area contributed by atoms with E-state index in [2.05, 4.69) is 24.9 Å². The fourth-order valence-corrected chi connectivity index (χ4v) is 3.79. The molecule has 0 unspecified atom stereocenters. The Morgan fingerprint density at radius 2 is 1.88 bits per heavy atom. The van der Waals surface area contributed by atoms with Gasteiger partial charge < -0.3 is 9.64 Å². The maximum atomic E-state index is 6.00. The molecule has 26 heavy (non-hydrogen) atoms. The SMILES string of the molecule is c1cnn(C[C@@H]2CN(Cc3cnc(N4CCCCC4)nc3)CCCO2)c1. The van der Waals surface area contributed by atoms with Gasteiger partial charge in [-0.1, -0.05) is 0 Å². The Kier molecular flexibility index (Phi) is 5.76. The highest BCUT2D eigenvalue weighted by atomic mass is 16.5. The Morgan fingerprint density at radius 1 is 1.04 bits per heavy atom. The summed E-state index contributed by atoms with van der Waals surface area (Å²) in [5.41, 5.74) is 1.17. The van der Waals surface area contributed by atoms with E-state index in [0.717, 1.165) is 58.2 Å². The van der Waals surface area contributed by atoms with Crippen LogP contribution < -0.4 is 4.90 Å². The van der Waals surface area contributed by atoms with Crippen LogP contribution in [0.2, 0.25) is 0 Å². The van der Waals surface area contributed by atoms with Crippen LogP contribution in [0.3, 0.4) is 0 Å². The summed E-state index contributed by atoms with van der Waals surface area (Å²) >= 11 is 0. The van der Waals surface area contributed by atoms with Crippen molar-refractivity contribution in [1.29, 1.82) is 0 Å². The molecule has 2 aromatic heterocycles. The van der Waals surface area contributed by atoms with Gasteiger partial charge in [-0.05, 0) is 31.7 Å². The topological polar surface area (TPSA) is 59.3 Å². The molecule has 0 bridgehead atoms. The van der Waals surface area contributed by atoms with Gasteiger partial charge in [0.05, 0.1) is 12.6 Å². The Balaban J connectivity index is 1.34. The Morgan fingerprint density at radius 3 is 2.65 bits per heavy atom. The predicted octanol–water partition coefficient (Wildman–Crippen LogP) is 1.95. The standard InChI is InChI=1S/C19H28N6O/c1-2-8-24(9-3-1)19-20-12-17(13-21-19)14-23-7-5-11-26-18(15-23)16-25-10-4-6-22-25/h4,6,10,12-13,18H,1-3,5,7-9,11,14-16H2/t18-/m0/s1. The van der Waals surface area contributed by atoms with Gasteiger partial charge in [0.25, 0.3) is 0 Å². The smallest absolute Gasteiger partial charge is 0.225 e. The van der Waals surface area contributed by atoms with Crippen molar-refractivity contribution in [3.8, 4) is 0 Å². The molecule has 0 aliphatic carbocycles. The number of ether oxygens (including phenoxy) is 1. The molecule has 2 aromatic rings. The molecular formula is C19H28N6O. The van der Waals surface area contributed by atoms with Crippen LogP contribution in [0.1, 0.15) is 31.2 Å². The number of piperidine rings is 1. The molecule has 4 rings (SSSR count). The first-order valence-corrected chi connectivity index (χ1v) is 9.74. The van der Waals surface area contributed by atoms with Gasteiger partial charge in [-0.2, -0.15) is 5.10 Å². The molecule has 0 N–H and O–H groups in total. The van der Waals surface area contributed by atoms with E-state index >= 15 is 0 Å². The number of anilines is 1. The van der Waals surface area contributed by atoms with E-state index in [4.69, 9.17) is 4.74 Å². The normalized spacial score (nSPS) is 22.3. The predicted molar refractivity (Wildman–Crippen MR) is 100.0 cm³/mol. The van der Waals surface area contributed by atoms with E-state index in [1.807, 2.05) is 35.5 Å². The monoisotopic (exact) mass is 356 g/mol. The lowest BCUT2D eigenvalue weighted by Gasteiger charge is -2.27. The number of nitrogens with zero attached hydrogens (tertiary/aromatic N) is 6. The van der Waals surface area contributed by atoms with E-state index in [9.17, 15) is 0 Å². The summed E-state index contributed by atoms with van der Waals surface area (Å²) in [6, 6.07) is 1.95. The number of hydrogen-bond donors (Lipinski definition) is 0. The quantitative estimate of drug-likeness (QED) is 0.816. The van der Waals surface area contributed by atoms with Crippen LogP contribution in [-0.2, 0) is 17.8 Å². The summed E-state index contributed by atoms with van der Waals surface area (Å²) in [6.07, 6.45) is 12.8. The van der Waals surface area contributed by atoms with E-state index < -0.39 is 0 Å². The zero-order chi connectivity index (χ0) is 17.6. The van der Waals surface area contributed by atoms with Crippen molar-refractivity contribution in [3.63, 3.8) is 0 Å². The minimum absolute atomic E-state index is 0.172. The fourth-order valence-electron chi connectivity index (χ4n) is 3.79. The van der Waals surface area contributed by atoms with E-state index in [0.29, 0.717) is 0 Å². The molecule has 0 spiro atoms. The average molecular weight is 356 g/mol. The maximum Gasteiger partial charge on any atom is 0.225 e. The van der Waals surface area contributed by atoms with Crippen LogP contribution in [0.5, 0.6) is 0 Å². The number of aromatic nitrogens is 4. The van der Waals surface area contributed by atoms with Crippen LogP contribution in [0.4, 0.5) is 5.95 Å². The lowest BCUT2D eigenvalue weighted by Crippen LogP contribution is -2.34. The van der Waals surface area contributed by atoms with E-state index in [1.54, 1.807) is 0 Å². The summed E-state index contributed by atoms with van der Waals surface area (Å²) < 4.78 is 7.95. The molecule has 2 aliphatic heterocycles. The zero-order valence-electron chi connectivity index (χ0n) is 15.3. The molecule has 0 aromatic carbocycles. The lowest BCUT2D eigenvalue weighted by molar-refractivity contribution is 0.0391. The molecule has 0 amide bonds. The van der Waals surface area contributed by atoms with Gasteiger partial charge >= 0.3 is 0 Å². The third-order valence-corrected chi connectivity index (χ3v) is 5.12. The van der Waals surface area contributed by atoms with Crippen molar-refractivity contribution < 1.29 is 4.74 Å². The van der Waals surface area contributed by atoms with Gasteiger partial charge in [-0.15, -0.1) is 0 Å². The third kappa shape index (κ3) is 4.59. The molecule has 2 fully saturated rings. The number of rotatable bonds is 5. The second-order valence-corrected chi connectivity index (χ2v) is 7.25. The van der Waals surface area contributed by atoms with Crippen LogP contribution in [0.15, 0.2) is 30.9 Å². The van der Waals surface area contributed by atoms with Gasteiger partial charge in [-0.3, -0.25) is 9.58 Å². The molecule has 7 nitrogen and oxygen atoms in total. The van der Waals surface area contributed by atoms with Crippen molar-refractivity contribution in [1.82, 2.24) is 24.6 Å². The summed E-state index contributed by atoms with van der Waals surface area (Å²) in [5, 5.41) is 4.30. The van der Waals surface area contributed by atoms with Crippen molar-refractivity contribution >= 4 is 5.95 Å². The highest BCUT2D eigenvalue weighted by molar-refractivity contribution is 5.30. The molecule has 0 saturated carbocycles. The van der Waals surface area contributed by atoms with Gasteiger partial charge in [0.1, 0.15) is 0 Å². The van der Waals surface area contributed by atoms with E-state index in [-0.39, 0.29) is 6.10 Å². The highest BCUT2D eigenvalue weighted by Crippen LogP contribution is 2.16. The third-order valence-electron chi connectivity index (χ3n) is 5.12. The van der Waals surface area contributed by atoms with Crippen LogP contribution >= 0.6 is 0 Å². The van der Waals surface area contributed by atoms with Gasteiger partial charge in [0.15, 0.2) is 0 Å². The van der Waals surface area contributed by atoms with E-state index in [1.165, 1.54) is 24.8 Å². The lowest BCUT2D eigenvalue weighted by atomic mass is 10.1. The highest BCUT2D eigenvalue weighted by Gasteiger charge is 2.20. The van der Waals surface area contributed by atoms with Crippen molar-refractivity contribution in [2.45, 2.75) is 44.9 Å². The van der Waals surface area contributed by atoms with Crippen molar-refractivity contribution in [2.24, 2.45) is 0 Å². The summed E-state index contributed by atoms with van der Waals surface area (Å²) in [6.45, 7) is 6.60.